The number of aromatic amines is 1. The molecule has 0 bridgehead atoms. The standard InChI is InChI=1S/C30H35ClFN7O3/c1-5-12-39(13-7-8-19(40)6-2)28-20-9-11-33-29(42-27-21-16-34-37-23(21)15-22(32)25(27)31)26(20)35-30(36-28)41-24-17-38(4)14-10-18(24)3/h6,9,11,15-16,18,24H,2,5,7-8,10,12-14,17H2,1,3-4H3,(H,34,37)/t18?,24-/m1/s1. The van der Waals surface area contributed by atoms with Crippen molar-refractivity contribution in [2.45, 2.75) is 45.6 Å². The van der Waals surface area contributed by atoms with Gasteiger partial charge in [0.1, 0.15) is 28.3 Å². The van der Waals surface area contributed by atoms with E-state index in [2.05, 4.69) is 52.5 Å². The maximum atomic E-state index is 14.7. The lowest BCUT2D eigenvalue weighted by atomic mass is 9.96. The number of allylic oxidation sites excluding steroid dienone is 1. The summed E-state index contributed by atoms with van der Waals surface area (Å²) in [5.74, 6) is 0.510. The summed E-state index contributed by atoms with van der Waals surface area (Å²) in [7, 11) is 2.07. The summed E-state index contributed by atoms with van der Waals surface area (Å²) < 4.78 is 27.3. The van der Waals surface area contributed by atoms with Crippen molar-refractivity contribution >= 4 is 45.0 Å². The topological polar surface area (TPSA) is 109 Å². The Balaban J connectivity index is 1.61. The highest BCUT2D eigenvalue weighted by molar-refractivity contribution is 6.33. The number of anilines is 1. The van der Waals surface area contributed by atoms with Gasteiger partial charge in [-0.1, -0.05) is 32.0 Å². The number of pyridine rings is 1. The number of aromatic nitrogens is 5. The van der Waals surface area contributed by atoms with Crippen LogP contribution in [0, 0.1) is 11.7 Å². The molecule has 0 spiro atoms. The summed E-state index contributed by atoms with van der Waals surface area (Å²) >= 11 is 6.36. The maximum absolute atomic E-state index is 14.7. The Morgan fingerprint density at radius 2 is 2.17 bits per heavy atom. The van der Waals surface area contributed by atoms with Crippen LogP contribution in [-0.4, -0.2) is 75.2 Å². The molecule has 42 heavy (non-hydrogen) atoms. The summed E-state index contributed by atoms with van der Waals surface area (Å²) in [5.41, 5.74) is 0.833. The zero-order valence-electron chi connectivity index (χ0n) is 24.1. The van der Waals surface area contributed by atoms with E-state index in [0.717, 1.165) is 25.9 Å². The number of nitrogens with one attached hydrogen (secondary N) is 1. The number of benzene rings is 1. The van der Waals surface area contributed by atoms with E-state index in [4.69, 9.17) is 31.0 Å². The molecule has 12 heteroatoms. The third kappa shape index (κ3) is 6.32. The number of carbonyl (C=O) groups excluding carboxylic acids is 1. The molecular weight excluding hydrogens is 561 g/mol. The van der Waals surface area contributed by atoms with Crippen molar-refractivity contribution in [3.8, 4) is 17.6 Å². The first-order valence-corrected chi connectivity index (χ1v) is 14.6. The Hall–Kier alpha value is -3.83. The monoisotopic (exact) mass is 595 g/mol. The number of carbonyl (C=O) groups is 1. The van der Waals surface area contributed by atoms with Gasteiger partial charge in [-0.2, -0.15) is 15.1 Å². The Morgan fingerprint density at radius 1 is 1.33 bits per heavy atom. The molecule has 10 nitrogen and oxygen atoms in total. The van der Waals surface area contributed by atoms with Crippen LogP contribution in [0.25, 0.3) is 21.8 Å². The van der Waals surface area contributed by atoms with E-state index in [9.17, 15) is 9.18 Å². The van der Waals surface area contributed by atoms with E-state index in [1.807, 2.05) is 6.07 Å². The second-order valence-corrected chi connectivity index (χ2v) is 11.1. The molecule has 5 rings (SSSR count). The van der Waals surface area contributed by atoms with Crippen LogP contribution < -0.4 is 14.4 Å². The highest BCUT2D eigenvalue weighted by atomic mass is 35.5. The van der Waals surface area contributed by atoms with Crippen molar-refractivity contribution in [1.29, 1.82) is 0 Å². The van der Waals surface area contributed by atoms with Gasteiger partial charge in [0.2, 0.25) is 5.88 Å². The number of ether oxygens (including phenoxy) is 2. The molecule has 1 aromatic carbocycles. The average Bonchev–Trinajstić information content (AvgIpc) is 3.44. The molecule has 4 aromatic rings. The molecular formula is C30H35ClFN7O3. The third-order valence-corrected chi connectivity index (χ3v) is 7.91. The average molecular weight is 596 g/mol. The maximum Gasteiger partial charge on any atom is 0.319 e. The predicted molar refractivity (Wildman–Crippen MR) is 161 cm³/mol. The van der Waals surface area contributed by atoms with Crippen LogP contribution in [0.4, 0.5) is 10.2 Å². The van der Waals surface area contributed by atoms with Gasteiger partial charge in [-0.3, -0.25) is 9.89 Å². The van der Waals surface area contributed by atoms with E-state index >= 15 is 0 Å². The van der Waals surface area contributed by atoms with Crippen molar-refractivity contribution in [2.75, 3.05) is 38.1 Å². The third-order valence-electron chi connectivity index (χ3n) is 7.55. The largest absolute Gasteiger partial charge is 0.458 e. The van der Waals surface area contributed by atoms with Crippen molar-refractivity contribution in [3.63, 3.8) is 0 Å². The fraction of sp³-hybridized carbons (Fsp3) is 0.433. The van der Waals surface area contributed by atoms with Crippen molar-refractivity contribution in [2.24, 2.45) is 5.92 Å². The minimum Gasteiger partial charge on any atom is -0.458 e. The van der Waals surface area contributed by atoms with Crippen molar-refractivity contribution < 1.29 is 18.7 Å². The number of likely N-dealkylation sites (tertiary alicyclic amines) is 1. The van der Waals surface area contributed by atoms with Crippen LogP contribution in [0.2, 0.25) is 5.02 Å². The van der Waals surface area contributed by atoms with Gasteiger partial charge in [-0.25, -0.2) is 9.37 Å². The zero-order valence-corrected chi connectivity index (χ0v) is 24.8. The van der Waals surface area contributed by atoms with E-state index in [0.29, 0.717) is 59.5 Å². The fourth-order valence-corrected chi connectivity index (χ4v) is 5.38. The van der Waals surface area contributed by atoms with Crippen molar-refractivity contribution in [3.05, 3.63) is 48.0 Å². The van der Waals surface area contributed by atoms with Crippen LogP contribution in [0.1, 0.15) is 39.5 Å². The van der Waals surface area contributed by atoms with Gasteiger partial charge in [-0.15, -0.1) is 0 Å². The number of ketones is 1. The van der Waals surface area contributed by atoms with Gasteiger partial charge in [-0.05, 0) is 50.9 Å². The van der Waals surface area contributed by atoms with Crippen LogP contribution in [0.15, 0.2) is 37.2 Å². The summed E-state index contributed by atoms with van der Waals surface area (Å²) in [6, 6.07) is 3.28. The predicted octanol–water partition coefficient (Wildman–Crippen LogP) is 5.96. The van der Waals surface area contributed by atoms with Gasteiger partial charge in [0.05, 0.1) is 22.5 Å². The Labute approximate surface area is 248 Å². The van der Waals surface area contributed by atoms with Gasteiger partial charge >= 0.3 is 6.01 Å². The first-order chi connectivity index (χ1) is 20.3. The van der Waals surface area contributed by atoms with E-state index in [-0.39, 0.29) is 34.5 Å². The number of halogens is 2. The molecule has 4 heterocycles. The summed E-state index contributed by atoms with van der Waals surface area (Å²) in [4.78, 5) is 30.4. The van der Waals surface area contributed by atoms with E-state index < -0.39 is 5.82 Å². The van der Waals surface area contributed by atoms with Gasteiger partial charge < -0.3 is 19.3 Å². The fourth-order valence-electron chi connectivity index (χ4n) is 5.18. The molecule has 2 atom stereocenters. The van der Waals surface area contributed by atoms with Gasteiger partial charge in [0, 0.05) is 38.3 Å². The number of piperidine rings is 1. The number of likely N-dealkylation sites (N-methyl/N-ethyl adjacent to an activating group) is 1. The number of nitrogens with zero attached hydrogens (tertiary/aromatic N) is 6. The molecule has 1 aliphatic heterocycles. The quantitative estimate of drug-likeness (QED) is 0.198. The number of rotatable bonds is 12. The molecule has 222 valence electrons. The first kappa shape index (κ1) is 29.7. The number of H-pyrrole nitrogens is 1. The summed E-state index contributed by atoms with van der Waals surface area (Å²) in [6.45, 7) is 10.9. The Morgan fingerprint density at radius 3 is 2.95 bits per heavy atom. The van der Waals surface area contributed by atoms with Crippen LogP contribution in [0.3, 0.4) is 0 Å². The SMILES string of the molecule is C=CC(=O)CCCN(CCC)c1nc(O[C@@H]2CN(C)CCC2C)nc2c(Oc3c(Cl)c(F)cc4[nH]ncc34)nccc12. The number of fused-ring (bicyclic) bond motifs is 2. The van der Waals surface area contributed by atoms with E-state index in [1.54, 1.807) is 6.20 Å². The number of hydrogen-bond acceptors (Lipinski definition) is 9. The molecule has 0 amide bonds. The van der Waals surface area contributed by atoms with Crippen LogP contribution in [-0.2, 0) is 4.79 Å². The molecule has 1 N–H and O–H groups in total. The highest BCUT2D eigenvalue weighted by Gasteiger charge is 2.28. The normalized spacial score (nSPS) is 17.5. The smallest absolute Gasteiger partial charge is 0.319 e. The molecule has 1 saturated heterocycles. The summed E-state index contributed by atoms with van der Waals surface area (Å²) in [5, 5.41) is 7.75. The molecule has 1 aliphatic rings. The molecule has 3 aromatic heterocycles. The molecule has 0 saturated carbocycles. The first-order valence-electron chi connectivity index (χ1n) is 14.2. The summed E-state index contributed by atoms with van der Waals surface area (Å²) in [6.07, 6.45) is 7.21. The van der Waals surface area contributed by atoms with Crippen LogP contribution in [0.5, 0.6) is 17.6 Å². The lowest BCUT2D eigenvalue weighted by Gasteiger charge is -2.34. The second kappa shape index (κ2) is 13.0. The lowest BCUT2D eigenvalue weighted by Crippen LogP contribution is -2.44. The highest BCUT2D eigenvalue weighted by Crippen LogP contribution is 2.40. The number of hydrogen-bond donors (Lipinski definition) is 1. The van der Waals surface area contributed by atoms with E-state index in [1.165, 1.54) is 18.3 Å². The van der Waals surface area contributed by atoms with Crippen LogP contribution >= 0.6 is 11.6 Å². The molecule has 0 radical (unpaired) electrons. The lowest BCUT2D eigenvalue weighted by molar-refractivity contribution is -0.114. The second-order valence-electron chi connectivity index (χ2n) is 10.7. The van der Waals surface area contributed by atoms with Gasteiger partial charge in [0.15, 0.2) is 11.5 Å². The van der Waals surface area contributed by atoms with Crippen molar-refractivity contribution in [1.82, 2.24) is 30.0 Å². The minimum atomic E-state index is -0.651. The molecule has 1 fully saturated rings. The Kier molecular flexibility index (Phi) is 9.18. The van der Waals surface area contributed by atoms with Gasteiger partial charge in [0.25, 0.3) is 0 Å². The zero-order chi connectivity index (χ0) is 29.8. The minimum absolute atomic E-state index is 0.00385. The Bertz CT molecular complexity index is 1600. The molecule has 1 unspecified atom stereocenters. The molecule has 0 aliphatic carbocycles.